The van der Waals surface area contributed by atoms with Crippen LogP contribution >= 0.6 is 11.3 Å². The number of hydrogen-bond acceptors (Lipinski definition) is 7. The van der Waals surface area contributed by atoms with E-state index in [1.165, 1.54) is 17.4 Å². The molecular formula is C22H25N5O3S. The fraction of sp³-hybridized carbons (Fsp3) is 0.364. The Morgan fingerprint density at radius 2 is 1.94 bits per heavy atom. The van der Waals surface area contributed by atoms with Crippen LogP contribution in [0.2, 0.25) is 0 Å². The van der Waals surface area contributed by atoms with Crippen LogP contribution in [0.25, 0.3) is 5.69 Å². The van der Waals surface area contributed by atoms with E-state index in [2.05, 4.69) is 34.1 Å². The van der Waals surface area contributed by atoms with Gasteiger partial charge in [-0.2, -0.15) is 5.10 Å². The molecule has 2 atom stereocenters. The third-order valence-corrected chi connectivity index (χ3v) is 5.78. The van der Waals surface area contributed by atoms with Gasteiger partial charge < -0.3 is 4.74 Å². The number of para-hydroxylation sites is 1. The molecule has 1 N–H and O–H groups in total. The van der Waals surface area contributed by atoms with Crippen molar-refractivity contribution >= 4 is 22.4 Å². The van der Waals surface area contributed by atoms with Crippen LogP contribution in [0.1, 0.15) is 35.7 Å². The van der Waals surface area contributed by atoms with Gasteiger partial charge >= 0.3 is 0 Å². The monoisotopic (exact) mass is 439 g/mol. The molecule has 0 saturated carbocycles. The van der Waals surface area contributed by atoms with Gasteiger partial charge in [-0.3, -0.25) is 19.8 Å². The first kappa shape index (κ1) is 21.4. The maximum Gasteiger partial charge on any atom is 0.281 e. The van der Waals surface area contributed by atoms with Crippen molar-refractivity contribution in [3.05, 3.63) is 69.1 Å². The highest BCUT2D eigenvalue weighted by atomic mass is 32.1. The average molecular weight is 440 g/mol. The van der Waals surface area contributed by atoms with Crippen molar-refractivity contribution in [3.8, 4) is 5.69 Å². The Kier molecular flexibility index (Phi) is 6.26. The van der Waals surface area contributed by atoms with Crippen LogP contribution in [0.3, 0.4) is 0 Å². The topological polar surface area (TPSA) is 89.3 Å². The van der Waals surface area contributed by atoms with Gasteiger partial charge in [0.05, 0.1) is 23.6 Å². The fourth-order valence-corrected chi connectivity index (χ4v) is 4.47. The van der Waals surface area contributed by atoms with Gasteiger partial charge in [-0.25, -0.2) is 9.67 Å². The molecule has 0 aliphatic carbocycles. The first-order valence-corrected chi connectivity index (χ1v) is 11.1. The summed E-state index contributed by atoms with van der Waals surface area (Å²) in [5.74, 6) is -0.566. The van der Waals surface area contributed by atoms with Gasteiger partial charge in [0.25, 0.3) is 5.91 Å². The summed E-state index contributed by atoms with van der Waals surface area (Å²) in [5, 5.41) is 9.39. The van der Waals surface area contributed by atoms with E-state index in [0.717, 1.165) is 24.5 Å². The van der Waals surface area contributed by atoms with Crippen molar-refractivity contribution in [1.29, 1.82) is 0 Å². The van der Waals surface area contributed by atoms with Gasteiger partial charge in [-0.05, 0) is 32.9 Å². The number of hydrogen-bond donors (Lipinski definition) is 1. The molecular weight excluding hydrogens is 414 g/mol. The van der Waals surface area contributed by atoms with Crippen molar-refractivity contribution in [2.75, 3.05) is 18.4 Å². The van der Waals surface area contributed by atoms with E-state index < -0.39 is 11.3 Å². The Balaban J connectivity index is 1.48. The molecule has 1 aliphatic heterocycles. The molecule has 1 aromatic carbocycles. The standard InChI is InChI=1S/C22H25N5O3S/c1-14-9-19(28)20(25-27(14)18-7-5-4-6-8-18)21(29)24-22-23-17(13-31-22)12-26-10-15(2)30-16(3)11-26/h4-9,13,15-16H,10-12H2,1-3H3,(H,23,24,29)/t15-,16-/m1/s1. The lowest BCUT2D eigenvalue weighted by atomic mass is 10.2. The molecule has 3 aromatic rings. The minimum Gasteiger partial charge on any atom is -0.373 e. The maximum absolute atomic E-state index is 12.8. The Hall–Kier alpha value is -2.88. The first-order valence-electron chi connectivity index (χ1n) is 10.2. The molecule has 1 aliphatic rings. The molecule has 9 heteroatoms. The van der Waals surface area contributed by atoms with E-state index in [0.29, 0.717) is 17.4 Å². The molecule has 162 valence electrons. The maximum atomic E-state index is 12.8. The van der Waals surface area contributed by atoms with Crippen LogP contribution in [0.5, 0.6) is 0 Å². The van der Waals surface area contributed by atoms with Gasteiger partial charge in [0.1, 0.15) is 0 Å². The zero-order valence-electron chi connectivity index (χ0n) is 17.7. The highest BCUT2D eigenvalue weighted by Gasteiger charge is 2.23. The second kappa shape index (κ2) is 9.09. The van der Waals surface area contributed by atoms with Gasteiger partial charge in [-0.1, -0.05) is 18.2 Å². The van der Waals surface area contributed by atoms with Gasteiger partial charge in [0, 0.05) is 36.8 Å². The lowest BCUT2D eigenvalue weighted by Crippen LogP contribution is -2.44. The highest BCUT2D eigenvalue weighted by molar-refractivity contribution is 7.13. The average Bonchev–Trinajstić information content (AvgIpc) is 3.14. The highest BCUT2D eigenvalue weighted by Crippen LogP contribution is 2.19. The van der Waals surface area contributed by atoms with Crippen molar-refractivity contribution in [2.45, 2.75) is 39.5 Å². The molecule has 4 rings (SSSR count). The number of ether oxygens (including phenoxy) is 1. The van der Waals surface area contributed by atoms with Crippen molar-refractivity contribution in [3.63, 3.8) is 0 Å². The second-order valence-corrected chi connectivity index (χ2v) is 8.65. The zero-order chi connectivity index (χ0) is 22.0. The minimum absolute atomic E-state index is 0.165. The van der Waals surface area contributed by atoms with Crippen molar-refractivity contribution in [1.82, 2.24) is 19.7 Å². The molecule has 2 aromatic heterocycles. The second-order valence-electron chi connectivity index (χ2n) is 7.80. The molecule has 8 nitrogen and oxygen atoms in total. The summed E-state index contributed by atoms with van der Waals surface area (Å²) in [6, 6.07) is 10.8. The van der Waals surface area contributed by atoms with Crippen LogP contribution in [0.15, 0.2) is 46.6 Å². The molecule has 1 fully saturated rings. The van der Waals surface area contributed by atoms with Crippen LogP contribution in [0.4, 0.5) is 5.13 Å². The lowest BCUT2D eigenvalue weighted by Gasteiger charge is -2.34. The summed E-state index contributed by atoms with van der Waals surface area (Å²) >= 11 is 1.33. The quantitative estimate of drug-likeness (QED) is 0.658. The fourth-order valence-electron chi connectivity index (χ4n) is 3.77. The predicted molar refractivity (Wildman–Crippen MR) is 120 cm³/mol. The van der Waals surface area contributed by atoms with Crippen molar-refractivity contribution in [2.24, 2.45) is 0 Å². The molecule has 3 heterocycles. The Morgan fingerprint density at radius 3 is 2.65 bits per heavy atom. The zero-order valence-corrected chi connectivity index (χ0v) is 18.6. The number of benzene rings is 1. The largest absolute Gasteiger partial charge is 0.373 e. The molecule has 1 saturated heterocycles. The Morgan fingerprint density at radius 1 is 1.23 bits per heavy atom. The van der Waals surface area contributed by atoms with E-state index in [1.54, 1.807) is 11.6 Å². The number of nitrogens with one attached hydrogen (secondary N) is 1. The van der Waals surface area contributed by atoms with Crippen molar-refractivity contribution < 1.29 is 9.53 Å². The summed E-state index contributed by atoms with van der Waals surface area (Å²) in [6.07, 6.45) is 0.363. The van der Waals surface area contributed by atoms with Gasteiger partial charge in [-0.15, -0.1) is 11.3 Å². The Bertz CT molecular complexity index is 1120. The molecule has 0 unspecified atom stereocenters. The van der Waals surface area contributed by atoms with E-state index in [4.69, 9.17) is 4.74 Å². The van der Waals surface area contributed by atoms with Gasteiger partial charge in [0.15, 0.2) is 10.8 Å². The molecule has 0 spiro atoms. The number of nitrogens with zero attached hydrogens (tertiary/aromatic N) is 4. The van der Waals surface area contributed by atoms with Crippen LogP contribution < -0.4 is 10.7 Å². The minimum atomic E-state index is -0.566. The van der Waals surface area contributed by atoms with Crippen LogP contribution in [-0.2, 0) is 11.3 Å². The first-order chi connectivity index (χ1) is 14.9. The number of morpholine rings is 1. The summed E-state index contributed by atoms with van der Waals surface area (Å²) < 4.78 is 7.35. The molecule has 1 amide bonds. The number of rotatable bonds is 5. The number of aryl methyl sites for hydroxylation is 1. The number of carbonyl (C=O) groups is 1. The number of carbonyl (C=O) groups excluding carboxylic acids is 1. The summed E-state index contributed by atoms with van der Waals surface area (Å²) in [4.78, 5) is 32.0. The normalized spacial score (nSPS) is 19.3. The molecule has 0 bridgehead atoms. The lowest BCUT2D eigenvalue weighted by molar-refractivity contribution is -0.0707. The van der Waals surface area contributed by atoms with E-state index >= 15 is 0 Å². The summed E-state index contributed by atoms with van der Waals surface area (Å²) in [5.41, 5.74) is 1.72. The van der Waals surface area contributed by atoms with Crippen LogP contribution in [0, 0.1) is 6.92 Å². The third-order valence-electron chi connectivity index (χ3n) is 4.98. The van der Waals surface area contributed by atoms with Gasteiger partial charge in [0.2, 0.25) is 5.43 Å². The summed E-state index contributed by atoms with van der Waals surface area (Å²) in [7, 11) is 0. The number of amides is 1. The van der Waals surface area contributed by atoms with E-state index in [9.17, 15) is 9.59 Å². The molecule has 0 radical (unpaired) electrons. The number of thiazole rings is 1. The molecule has 31 heavy (non-hydrogen) atoms. The van der Waals surface area contributed by atoms with E-state index in [1.807, 2.05) is 35.7 Å². The third kappa shape index (κ3) is 5.07. The summed E-state index contributed by atoms with van der Waals surface area (Å²) in [6.45, 7) is 8.28. The van der Waals surface area contributed by atoms with Crippen LogP contribution in [-0.4, -0.2) is 50.9 Å². The number of anilines is 1. The number of aromatic nitrogens is 3. The predicted octanol–water partition coefficient (Wildman–Crippen LogP) is 2.86. The SMILES string of the molecule is Cc1cc(=O)c(C(=O)Nc2nc(CN3C[C@@H](C)O[C@H](C)C3)cs2)nn1-c1ccccc1. The smallest absolute Gasteiger partial charge is 0.281 e. The Labute approximate surface area is 184 Å². The van der Waals surface area contributed by atoms with E-state index in [-0.39, 0.29) is 17.9 Å².